The molecule has 3 amide bonds. The maximum absolute atomic E-state index is 11.8. The highest BCUT2D eigenvalue weighted by molar-refractivity contribution is 6.01. The Morgan fingerprint density at radius 3 is 2.67 bits per heavy atom. The Kier molecular flexibility index (Phi) is 4.34. The fourth-order valence-corrected chi connectivity index (χ4v) is 2.21. The van der Waals surface area contributed by atoms with E-state index in [1.165, 1.54) is 6.42 Å². The van der Waals surface area contributed by atoms with Crippen molar-refractivity contribution in [2.75, 3.05) is 5.32 Å². The van der Waals surface area contributed by atoms with Crippen molar-refractivity contribution in [3.05, 3.63) is 30.3 Å². The zero-order chi connectivity index (χ0) is 12.8. The maximum atomic E-state index is 11.8. The first-order valence-corrected chi connectivity index (χ1v) is 6.33. The highest BCUT2D eigenvalue weighted by Crippen LogP contribution is 2.23. The van der Waals surface area contributed by atoms with E-state index in [9.17, 15) is 9.59 Å². The molecule has 2 rings (SSSR count). The molecule has 0 saturated heterocycles. The van der Waals surface area contributed by atoms with E-state index in [2.05, 4.69) is 16.7 Å². The van der Waals surface area contributed by atoms with Gasteiger partial charge < -0.3 is 5.32 Å². The van der Waals surface area contributed by atoms with Gasteiger partial charge in [-0.15, -0.1) is 0 Å². The largest absolute Gasteiger partial charge is 0.325 e. The molecule has 2 N–H and O–H groups in total. The number of carbonyl (C=O) groups excluding carboxylic acids is 2. The van der Waals surface area contributed by atoms with Crippen molar-refractivity contribution in [1.29, 1.82) is 0 Å². The molecule has 1 fully saturated rings. The number of nitrogens with one attached hydrogen (secondary N) is 2. The molecule has 1 aliphatic rings. The van der Waals surface area contributed by atoms with Crippen LogP contribution >= 0.6 is 0 Å². The first kappa shape index (κ1) is 12.6. The van der Waals surface area contributed by atoms with Gasteiger partial charge in [0.15, 0.2) is 0 Å². The summed E-state index contributed by atoms with van der Waals surface area (Å²) < 4.78 is 0. The standard InChI is InChI=1S/C14H17N2O2/c17-13(11-7-3-1-4-8-11)16-14(18)15-12-9-5-2-6-10-12/h2,5,9-11H,1,3-4,7-8H2,(H2,15,16,17,18). The molecule has 0 heterocycles. The molecule has 1 saturated carbocycles. The predicted molar refractivity (Wildman–Crippen MR) is 69.0 cm³/mol. The molecule has 0 spiro atoms. The van der Waals surface area contributed by atoms with E-state index in [1.807, 2.05) is 0 Å². The van der Waals surface area contributed by atoms with Crippen molar-refractivity contribution in [2.24, 2.45) is 5.92 Å². The minimum absolute atomic E-state index is 0.00756. The quantitative estimate of drug-likeness (QED) is 0.841. The van der Waals surface area contributed by atoms with E-state index in [4.69, 9.17) is 0 Å². The Hall–Kier alpha value is -1.84. The zero-order valence-corrected chi connectivity index (χ0v) is 10.2. The van der Waals surface area contributed by atoms with Crippen LogP contribution in [0.1, 0.15) is 32.1 Å². The third-order valence-corrected chi connectivity index (χ3v) is 3.18. The fraction of sp³-hybridized carbons (Fsp3) is 0.429. The predicted octanol–water partition coefficient (Wildman–Crippen LogP) is 2.72. The maximum Gasteiger partial charge on any atom is 0.325 e. The monoisotopic (exact) mass is 245 g/mol. The zero-order valence-electron chi connectivity index (χ0n) is 10.2. The molecule has 0 aromatic heterocycles. The second-order valence-corrected chi connectivity index (χ2v) is 4.57. The van der Waals surface area contributed by atoms with E-state index < -0.39 is 6.03 Å². The first-order valence-electron chi connectivity index (χ1n) is 6.33. The molecule has 0 aliphatic heterocycles. The SMILES string of the molecule is O=C(NC(=O)C1CCCCC1)Nc1c[c]ccc1. The van der Waals surface area contributed by atoms with Gasteiger partial charge in [-0.2, -0.15) is 0 Å². The van der Waals surface area contributed by atoms with Crippen LogP contribution in [0.5, 0.6) is 0 Å². The Bertz CT molecular complexity index is 411. The van der Waals surface area contributed by atoms with E-state index >= 15 is 0 Å². The lowest BCUT2D eigenvalue weighted by molar-refractivity contribution is -0.124. The molecule has 1 aromatic carbocycles. The summed E-state index contributed by atoms with van der Waals surface area (Å²) in [5, 5.41) is 5.01. The van der Waals surface area contributed by atoms with Crippen LogP contribution in [0, 0.1) is 12.0 Å². The van der Waals surface area contributed by atoms with Gasteiger partial charge in [0.25, 0.3) is 0 Å². The summed E-state index contributed by atoms with van der Waals surface area (Å²) >= 11 is 0. The van der Waals surface area contributed by atoms with Crippen molar-refractivity contribution in [2.45, 2.75) is 32.1 Å². The van der Waals surface area contributed by atoms with Crippen LogP contribution in [0.2, 0.25) is 0 Å². The average molecular weight is 245 g/mol. The third-order valence-electron chi connectivity index (χ3n) is 3.18. The lowest BCUT2D eigenvalue weighted by atomic mass is 9.89. The Balaban J connectivity index is 1.82. The first-order chi connectivity index (χ1) is 8.75. The average Bonchev–Trinajstić information content (AvgIpc) is 2.40. The highest BCUT2D eigenvalue weighted by atomic mass is 16.2. The van der Waals surface area contributed by atoms with Crippen LogP contribution in [0.25, 0.3) is 0 Å². The molecular formula is C14H17N2O2. The topological polar surface area (TPSA) is 58.2 Å². The minimum atomic E-state index is -0.467. The number of imide groups is 1. The summed E-state index contributed by atoms with van der Waals surface area (Å²) in [5.41, 5.74) is 0.631. The van der Waals surface area contributed by atoms with Crippen LogP contribution in [0.4, 0.5) is 10.5 Å². The van der Waals surface area contributed by atoms with Gasteiger partial charge in [-0.3, -0.25) is 10.1 Å². The number of benzene rings is 1. The van der Waals surface area contributed by atoms with E-state index in [0.717, 1.165) is 25.7 Å². The fourth-order valence-electron chi connectivity index (χ4n) is 2.21. The van der Waals surface area contributed by atoms with Crippen LogP contribution in [-0.2, 0) is 4.79 Å². The number of anilines is 1. The molecule has 1 aliphatic carbocycles. The van der Waals surface area contributed by atoms with E-state index in [0.29, 0.717) is 5.69 Å². The molecule has 1 aromatic rings. The molecule has 0 bridgehead atoms. The van der Waals surface area contributed by atoms with Gasteiger partial charge in [0.2, 0.25) is 5.91 Å². The van der Waals surface area contributed by atoms with Gasteiger partial charge in [0, 0.05) is 11.6 Å². The molecule has 95 valence electrons. The number of hydrogen-bond acceptors (Lipinski definition) is 2. The number of hydrogen-bond donors (Lipinski definition) is 2. The number of rotatable bonds is 2. The number of amides is 3. The molecule has 4 heteroatoms. The van der Waals surface area contributed by atoms with Crippen LogP contribution in [-0.4, -0.2) is 11.9 Å². The summed E-state index contributed by atoms with van der Waals surface area (Å²) in [6, 6.07) is 9.32. The van der Waals surface area contributed by atoms with Crippen molar-refractivity contribution in [3.8, 4) is 0 Å². The highest BCUT2D eigenvalue weighted by Gasteiger charge is 2.22. The van der Waals surface area contributed by atoms with Crippen molar-refractivity contribution in [3.63, 3.8) is 0 Å². The molecule has 0 unspecified atom stereocenters. The second-order valence-electron chi connectivity index (χ2n) is 4.57. The van der Waals surface area contributed by atoms with Gasteiger partial charge in [-0.05, 0) is 31.0 Å². The number of carbonyl (C=O) groups is 2. The molecule has 4 nitrogen and oxygen atoms in total. The van der Waals surface area contributed by atoms with Gasteiger partial charge in [-0.1, -0.05) is 31.4 Å². The third kappa shape index (κ3) is 3.58. The minimum Gasteiger partial charge on any atom is -0.308 e. The Morgan fingerprint density at radius 1 is 1.22 bits per heavy atom. The Morgan fingerprint density at radius 2 is 2.00 bits per heavy atom. The van der Waals surface area contributed by atoms with Crippen LogP contribution in [0.15, 0.2) is 24.3 Å². The van der Waals surface area contributed by atoms with Crippen molar-refractivity contribution in [1.82, 2.24) is 5.32 Å². The van der Waals surface area contributed by atoms with Crippen molar-refractivity contribution < 1.29 is 9.59 Å². The molecule has 1 radical (unpaired) electrons. The van der Waals surface area contributed by atoms with Crippen LogP contribution < -0.4 is 10.6 Å². The van der Waals surface area contributed by atoms with Gasteiger partial charge in [0.05, 0.1) is 0 Å². The lowest BCUT2D eigenvalue weighted by Gasteiger charge is -2.20. The van der Waals surface area contributed by atoms with Gasteiger partial charge in [-0.25, -0.2) is 4.79 Å². The number of urea groups is 1. The molecule has 18 heavy (non-hydrogen) atoms. The second kappa shape index (κ2) is 6.19. The van der Waals surface area contributed by atoms with E-state index in [-0.39, 0.29) is 11.8 Å². The summed E-state index contributed by atoms with van der Waals surface area (Å²) in [5.74, 6) is -0.168. The smallest absolute Gasteiger partial charge is 0.308 e. The van der Waals surface area contributed by atoms with Gasteiger partial charge in [0.1, 0.15) is 0 Å². The van der Waals surface area contributed by atoms with Crippen molar-refractivity contribution >= 4 is 17.6 Å². The molecular weight excluding hydrogens is 228 g/mol. The van der Waals surface area contributed by atoms with Gasteiger partial charge >= 0.3 is 6.03 Å². The van der Waals surface area contributed by atoms with E-state index in [1.54, 1.807) is 24.3 Å². The summed E-state index contributed by atoms with van der Waals surface area (Å²) in [6.45, 7) is 0. The summed E-state index contributed by atoms with van der Waals surface area (Å²) in [4.78, 5) is 23.4. The summed E-state index contributed by atoms with van der Waals surface area (Å²) in [7, 11) is 0. The molecule has 0 atom stereocenters. The summed E-state index contributed by atoms with van der Waals surface area (Å²) in [6.07, 6.45) is 5.12. The normalized spacial score (nSPS) is 16.0. The lowest BCUT2D eigenvalue weighted by Crippen LogP contribution is -2.39. The Labute approximate surface area is 107 Å². The van der Waals surface area contributed by atoms with Crippen LogP contribution in [0.3, 0.4) is 0 Å².